The van der Waals surface area contributed by atoms with Crippen LogP contribution in [-0.2, 0) is 9.59 Å². The first kappa shape index (κ1) is 11.8. The number of carbonyl (C=O) groups is 3. The SMILES string of the molecule is CN1C(=O)NC(=O)/C(=C/c2ccc(I)o2)C1=O. The molecule has 0 atom stereocenters. The maximum atomic E-state index is 11.7. The number of nitrogens with one attached hydrogen (secondary N) is 1. The minimum atomic E-state index is -0.730. The smallest absolute Gasteiger partial charge is 0.331 e. The Kier molecular flexibility index (Phi) is 3.01. The summed E-state index contributed by atoms with van der Waals surface area (Å²) in [4.78, 5) is 35.1. The third kappa shape index (κ3) is 2.23. The number of amides is 4. The van der Waals surface area contributed by atoms with Gasteiger partial charge in [0.2, 0.25) is 0 Å². The van der Waals surface area contributed by atoms with Gasteiger partial charge >= 0.3 is 6.03 Å². The summed E-state index contributed by atoms with van der Waals surface area (Å²) in [6.07, 6.45) is 1.31. The summed E-state index contributed by atoms with van der Waals surface area (Å²) in [5.41, 5.74) is -0.127. The van der Waals surface area contributed by atoms with Crippen LogP contribution in [0.1, 0.15) is 5.76 Å². The Morgan fingerprint density at radius 2 is 2.06 bits per heavy atom. The number of likely N-dealkylation sites (N-methyl/N-ethyl adjacent to an activating group) is 1. The van der Waals surface area contributed by atoms with Gasteiger partial charge in [-0.15, -0.1) is 0 Å². The number of halogens is 1. The van der Waals surface area contributed by atoms with E-state index in [0.717, 1.165) is 4.90 Å². The molecule has 0 spiro atoms. The van der Waals surface area contributed by atoms with Crippen LogP contribution in [0.4, 0.5) is 4.79 Å². The summed E-state index contributed by atoms with van der Waals surface area (Å²) in [6.45, 7) is 0. The lowest BCUT2D eigenvalue weighted by Gasteiger charge is -2.21. The third-order valence-corrected chi connectivity index (χ3v) is 2.77. The van der Waals surface area contributed by atoms with Gasteiger partial charge in [-0.05, 0) is 40.8 Å². The van der Waals surface area contributed by atoms with E-state index in [1.54, 1.807) is 12.1 Å². The molecular formula is C10H7IN2O4. The van der Waals surface area contributed by atoms with Gasteiger partial charge in [-0.25, -0.2) is 4.79 Å². The van der Waals surface area contributed by atoms with Gasteiger partial charge in [0.1, 0.15) is 11.3 Å². The number of carbonyl (C=O) groups excluding carboxylic acids is 3. The topological polar surface area (TPSA) is 79.6 Å². The van der Waals surface area contributed by atoms with E-state index in [9.17, 15) is 14.4 Å². The summed E-state index contributed by atoms with van der Waals surface area (Å²) in [5.74, 6) is -0.981. The highest BCUT2D eigenvalue weighted by molar-refractivity contribution is 14.1. The fourth-order valence-electron chi connectivity index (χ4n) is 1.29. The van der Waals surface area contributed by atoms with Crippen molar-refractivity contribution in [2.75, 3.05) is 7.05 Å². The number of furan rings is 1. The van der Waals surface area contributed by atoms with Crippen LogP contribution in [0.15, 0.2) is 22.1 Å². The molecule has 0 radical (unpaired) electrons. The zero-order chi connectivity index (χ0) is 12.6. The van der Waals surface area contributed by atoms with E-state index in [1.165, 1.54) is 13.1 Å². The molecule has 0 unspecified atom stereocenters. The van der Waals surface area contributed by atoms with Crippen LogP contribution < -0.4 is 5.32 Å². The average molecular weight is 346 g/mol. The van der Waals surface area contributed by atoms with Crippen LogP contribution in [0.2, 0.25) is 0 Å². The van der Waals surface area contributed by atoms with Crippen LogP contribution in [0.3, 0.4) is 0 Å². The third-order valence-electron chi connectivity index (χ3n) is 2.19. The normalized spacial score (nSPS) is 18.8. The van der Waals surface area contributed by atoms with Gasteiger partial charge in [-0.1, -0.05) is 0 Å². The summed E-state index contributed by atoms with van der Waals surface area (Å²) in [5, 5.41) is 2.05. The van der Waals surface area contributed by atoms with Gasteiger partial charge in [-0.2, -0.15) is 0 Å². The number of hydrogen-bond acceptors (Lipinski definition) is 4. The van der Waals surface area contributed by atoms with Crippen LogP contribution in [0, 0.1) is 3.77 Å². The lowest BCUT2D eigenvalue weighted by atomic mass is 10.1. The Bertz CT molecular complexity index is 546. The number of urea groups is 1. The van der Waals surface area contributed by atoms with E-state index in [1.807, 2.05) is 22.6 Å². The Balaban J connectivity index is 2.37. The molecule has 1 N–H and O–H groups in total. The predicted molar refractivity (Wildman–Crippen MR) is 65.7 cm³/mol. The number of barbiturate groups is 1. The van der Waals surface area contributed by atoms with E-state index in [4.69, 9.17) is 4.42 Å². The highest BCUT2D eigenvalue weighted by Crippen LogP contribution is 2.16. The van der Waals surface area contributed by atoms with E-state index in [2.05, 4.69) is 5.32 Å². The van der Waals surface area contributed by atoms with Crippen molar-refractivity contribution in [2.45, 2.75) is 0 Å². The van der Waals surface area contributed by atoms with Gasteiger partial charge in [0.25, 0.3) is 11.8 Å². The van der Waals surface area contributed by atoms with Crippen molar-refractivity contribution in [2.24, 2.45) is 0 Å². The monoisotopic (exact) mass is 346 g/mol. The van der Waals surface area contributed by atoms with Crippen LogP contribution in [-0.4, -0.2) is 29.8 Å². The standard InChI is InChI=1S/C10H7IN2O4/c1-13-9(15)6(8(14)12-10(13)16)4-5-2-3-7(11)17-5/h2-4H,1H3,(H,12,14,16)/b6-4-. The van der Waals surface area contributed by atoms with E-state index in [0.29, 0.717) is 9.53 Å². The van der Waals surface area contributed by atoms with Crippen molar-refractivity contribution >= 4 is 46.5 Å². The Labute approximate surface area is 110 Å². The largest absolute Gasteiger partial charge is 0.451 e. The van der Waals surface area contributed by atoms with Crippen LogP contribution in [0.5, 0.6) is 0 Å². The first-order valence-corrected chi connectivity index (χ1v) is 5.67. The second kappa shape index (κ2) is 4.32. The van der Waals surface area contributed by atoms with Gasteiger partial charge in [-0.3, -0.25) is 19.8 Å². The van der Waals surface area contributed by atoms with Crippen molar-refractivity contribution in [1.82, 2.24) is 10.2 Å². The highest BCUT2D eigenvalue weighted by atomic mass is 127. The molecular weight excluding hydrogens is 339 g/mol. The molecule has 0 saturated carbocycles. The lowest BCUT2D eigenvalue weighted by Crippen LogP contribution is -2.52. The Hall–Kier alpha value is -1.64. The molecule has 2 rings (SSSR count). The van der Waals surface area contributed by atoms with Gasteiger partial charge < -0.3 is 4.42 Å². The molecule has 17 heavy (non-hydrogen) atoms. The Morgan fingerprint density at radius 3 is 2.65 bits per heavy atom. The number of hydrogen-bond donors (Lipinski definition) is 1. The van der Waals surface area contributed by atoms with E-state index < -0.39 is 17.8 Å². The minimum absolute atomic E-state index is 0.127. The molecule has 1 aromatic rings. The minimum Gasteiger partial charge on any atom is -0.451 e. The van der Waals surface area contributed by atoms with Gasteiger partial charge in [0.05, 0.1) is 0 Å². The molecule has 0 aromatic carbocycles. The van der Waals surface area contributed by atoms with Gasteiger partial charge in [0, 0.05) is 7.05 Å². The first-order valence-electron chi connectivity index (χ1n) is 4.59. The summed E-state index contributed by atoms with van der Waals surface area (Å²) < 4.78 is 5.86. The molecule has 1 aliphatic rings. The van der Waals surface area contributed by atoms with Gasteiger partial charge in [0.15, 0.2) is 3.77 Å². The highest BCUT2D eigenvalue weighted by Gasteiger charge is 2.33. The second-order valence-corrected chi connectivity index (χ2v) is 4.39. The lowest BCUT2D eigenvalue weighted by molar-refractivity contribution is -0.129. The first-order chi connectivity index (χ1) is 7.99. The van der Waals surface area contributed by atoms with Crippen molar-refractivity contribution in [3.63, 3.8) is 0 Å². The molecule has 6 nitrogen and oxygen atoms in total. The van der Waals surface area contributed by atoms with Crippen LogP contribution >= 0.6 is 22.6 Å². The van der Waals surface area contributed by atoms with Crippen molar-refractivity contribution < 1.29 is 18.8 Å². The molecule has 2 heterocycles. The number of rotatable bonds is 1. The molecule has 1 aromatic heterocycles. The average Bonchev–Trinajstić information content (AvgIpc) is 2.67. The van der Waals surface area contributed by atoms with Crippen molar-refractivity contribution in [3.05, 3.63) is 27.2 Å². The van der Waals surface area contributed by atoms with Crippen molar-refractivity contribution in [1.29, 1.82) is 0 Å². The summed E-state index contributed by atoms with van der Waals surface area (Å²) in [7, 11) is 1.30. The summed E-state index contributed by atoms with van der Waals surface area (Å²) in [6, 6.07) is 2.60. The molecule has 1 aliphatic heterocycles. The van der Waals surface area contributed by atoms with Crippen molar-refractivity contribution in [3.8, 4) is 0 Å². The van der Waals surface area contributed by atoms with E-state index in [-0.39, 0.29) is 5.57 Å². The number of nitrogens with zero attached hydrogens (tertiary/aromatic N) is 1. The summed E-state index contributed by atoms with van der Waals surface area (Å²) >= 11 is 1.97. The molecule has 0 aliphatic carbocycles. The molecule has 1 fully saturated rings. The molecule has 0 bridgehead atoms. The maximum absolute atomic E-state index is 11.7. The quantitative estimate of drug-likeness (QED) is 0.467. The molecule has 1 saturated heterocycles. The Morgan fingerprint density at radius 1 is 1.35 bits per heavy atom. The fourth-order valence-corrected chi connectivity index (χ4v) is 1.73. The fraction of sp³-hybridized carbons (Fsp3) is 0.100. The van der Waals surface area contributed by atoms with E-state index >= 15 is 0 Å². The number of imide groups is 2. The molecule has 88 valence electrons. The maximum Gasteiger partial charge on any atom is 0.331 e. The zero-order valence-electron chi connectivity index (χ0n) is 8.69. The molecule has 7 heteroatoms. The second-order valence-electron chi connectivity index (χ2n) is 3.32. The molecule has 4 amide bonds. The predicted octanol–water partition coefficient (Wildman–Crippen LogP) is 0.976. The van der Waals surface area contributed by atoms with Crippen LogP contribution in [0.25, 0.3) is 6.08 Å². The zero-order valence-corrected chi connectivity index (χ0v) is 10.8.